The van der Waals surface area contributed by atoms with Crippen molar-refractivity contribution in [2.75, 3.05) is 17.7 Å². The summed E-state index contributed by atoms with van der Waals surface area (Å²) in [7, 11) is 0. The third-order valence-corrected chi connectivity index (χ3v) is 3.39. The molecule has 0 fully saturated rings. The van der Waals surface area contributed by atoms with Gasteiger partial charge in [0.1, 0.15) is 0 Å². The number of rotatable bonds is 4. The molecule has 4 nitrogen and oxygen atoms in total. The van der Waals surface area contributed by atoms with Gasteiger partial charge in [-0.25, -0.2) is 4.79 Å². The normalized spacial score (nSPS) is 10.2. The third kappa shape index (κ3) is 3.34. The minimum atomic E-state index is -0.404. The van der Waals surface area contributed by atoms with Crippen molar-refractivity contribution in [2.45, 2.75) is 20.8 Å². The second-order valence-corrected chi connectivity index (χ2v) is 4.91. The van der Waals surface area contributed by atoms with E-state index in [9.17, 15) is 4.79 Å². The van der Waals surface area contributed by atoms with Gasteiger partial charge in [0.2, 0.25) is 0 Å². The maximum atomic E-state index is 11.8. The number of para-hydroxylation sites is 1. The fourth-order valence-corrected chi connectivity index (χ4v) is 2.04. The molecule has 0 aliphatic carbocycles. The van der Waals surface area contributed by atoms with Gasteiger partial charge in [-0.15, -0.1) is 0 Å². The summed E-state index contributed by atoms with van der Waals surface area (Å²) in [6.07, 6.45) is 0. The molecule has 0 unspecified atom stereocenters. The summed E-state index contributed by atoms with van der Waals surface area (Å²) in [5, 5.41) is 3.24. The van der Waals surface area contributed by atoms with E-state index in [1.54, 1.807) is 19.1 Å². The number of hydrogen-bond donors (Lipinski definition) is 2. The molecule has 0 aromatic heterocycles. The van der Waals surface area contributed by atoms with Crippen LogP contribution < -0.4 is 11.1 Å². The maximum absolute atomic E-state index is 11.8. The van der Waals surface area contributed by atoms with Crippen LogP contribution in [0.5, 0.6) is 0 Å². The summed E-state index contributed by atoms with van der Waals surface area (Å²) in [4.78, 5) is 11.8. The van der Waals surface area contributed by atoms with Gasteiger partial charge >= 0.3 is 5.97 Å². The van der Waals surface area contributed by atoms with E-state index >= 15 is 0 Å². The molecule has 4 heteroatoms. The SMILES string of the molecule is CCOC(=O)c1cccc(Nc2ccc(C)c(C)c2)c1N. The number of ether oxygens (including phenoxy) is 1. The van der Waals surface area contributed by atoms with Crippen molar-refractivity contribution in [1.29, 1.82) is 0 Å². The van der Waals surface area contributed by atoms with E-state index in [0.29, 0.717) is 23.5 Å². The van der Waals surface area contributed by atoms with Crippen LogP contribution in [0.15, 0.2) is 36.4 Å². The molecule has 0 saturated heterocycles. The van der Waals surface area contributed by atoms with Crippen LogP contribution in [0.2, 0.25) is 0 Å². The number of aryl methyl sites for hydroxylation is 2. The quantitative estimate of drug-likeness (QED) is 0.662. The molecule has 0 amide bonds. The molecule has 2 aromatic rings. The lowest BCUT2D eigenvalue weighted by Crippen LogP contribution is -2.09. The molecule has 2 rings (SSSR count). The zero-order chi connectivity index (χ0) is 15.4. The summed E-state index contributed by atoms with van der Waals surface area (Å²) in [5.41, 5.74) is 10.9. The largest absolute Gasteiger partial charge is 0.462 e. The van der Waals surface area contributed by atoms with Crippen molar-refractivity contribution in [3.05, 3.63) is 53.1 Å². The molecule has 0 bridgehead atoms. The number of benzene rings is 2. The molecule has 0 aliphatic heterocycles. The highest BCUT2D eigenvalue weighted by molar-refractivity contribution is 5.98. The maximum Gasteiger partial charge on any atom is 0.340 e. The molecular weight excluding hydrogens is 264 g/mol. The molecule has 0 atom stereocenters. The van der Waals surface area contributed by atoms with Crippen molar-refractivity contribution < 1.29 is 9.53 Å². The van der Waals surface area contributed by atoms with Crippen molar-refractivity contribution in [2.24, 2.45) is 0 Å². The Kier molecular flexibility index (Phi) is 4.48. The number of nitrogens with one attached hydrogen (secondary N) is 1. The number of carbonyl (C=O) groups excluding carboxylic acids is 1. The first-order valence-corrected chi connectivity index (χ1v) is 6.92. The van der Waals surface area contributed by atoms with Crippen molar-refractivity contribution in [3.63, 3.8) is 0 Å². The first kappa shape index (κ1) is 14.9. The molecule has 110 valence electrons. The van der Waals surface area contributed by atoms with Gasteiger partial charge in [-0.1, -0.05) is 12.1 Å². The van der Waals surface area contributed by atoms with Crippen LogP contribution in [0.1, 0.15) is 28.4 Å². The van der Waals surface area contributed by atoms with Gasteiger partial charge in [-0.05, 0) is 56.2 Å². The van der Waals surface area contributed by atoms with Crippen molar-refractivity contribution in [3.8, 4) is 0 Å². The molecule has 0 radical (unpaired) electrons. The summed E-state index contributed by atoms with van der Waals surface area (Å²) in [6, 6.07) is 11.4. The fourth-order valence-electron chi connectivity index (χ4n) is 2.04. The molecule has 0 heterocycles. The van der Waals surface area contributed by atoms with E-state index in [2.05, 4.69) is 19.2 Å². The molecule has 3 N–H and O–H groups in total. The van der Waals surface area contributed by atoms with Crippen LogP contribution in [-0.4, -0.2) is 12.6 Å². The minimum Gasteiger partial charge on any atom is -0.462 e. The highest BCUT2D eigenvalue weighted by atomic mass is 16.5. The van der Waals surface area contributed by atoms with Gasteiger partial charge in [-0.3, -0.25) is 0 Å². The van der Waals surface area contributed by atoms with Gasteiger partial charge in [0.15, 0.2) is 0 Å². The lowest BCUT2D eigenvalue weighted by molar-refractivity contribution is 0.0527. The monoisotopic (exact) mass is 284 g/mol. The highest BCUT2D eigenvalue weighted by Gasteiger charge is 2.13. The summed E-state index contributed by atoms with van der Waals surface area (Å²) in [5.74, 6) is -0.404. The van der Waals surface area contributed by atoms with E-state index in [1.807, 2.05) is 24.3 Å². The Morgan fingerprint density at radius 2 is 1.95 bits per heavy atom. The first-order chi connectivity index (χ1) is 10.0. The average Bonchev–Trinajstić information content (AvgIpc) is 2.45. The van der Waals surface area contributed by atoms with Crippen molar-refractivity contribution >= 4 is 23.0 Å². The first-order valence-electron chi connectivity index (χ1n) is 6.92. The minimum absolute atomic E-state index is 0.326. The zero-order valence-corrected chi connectivity index (χ0v) is 12.6. The van der Waals surface area contributed by atoms with Crippen LogP contribution in [0.3, 0.4) is 0 Å². The molecule has 2 aromatic carbocycles. The number of anilines is 3. The fraction of sp³-hybridized carbons (Fsp3) is 0.235. The highest BCUT2D eigenvalue weighted by Crippen LogP contribution is 2.27. The van der Waals surface area contributed by atoms with Gasteiger partial charge in [0.25, 0.3) is 0 Å². The predicted molar refractivity (Wildman–Crippen MR) is 86.0 cm³/mol. The lowest BCUT2D eigenvalue weighted by atomic mass is 10.1. The zero-order valence-electron chi connectivity index (χ0n) is 12.6. The van der Waals surface area contributed by atoms with Crippen LogP contribution in [-0.2, 0) is 4.74 Å². The Hall–Kier alpha value is -2.49. The van der Waals surface area contributed by atoms with Gasteiger partial charge in [-0.2, -0.15) is 0 Å². The summed E-state index contributed by atoms with van der Waals surface area (Å²) >= 11 is 0. The average molecular weight is 284 g/mol. The van der Waals surface area contributed by atoms with E-state index < -0.39 is 5.97 Å². The molecular formula is C17H20N2O2. The topological polar surface area (TPSA) is 64.3 Å². The number of hydrogen-bond acceptors (Lipinski definition) is 4. The summed E-state index contributed by atoms with van der Waals surface area (Å²) < 4.78 is 5.00. The Balaban J connectivity index is 2.30. The van der Waals surface area contributed by atoms with Crippen LogP contribution in [0, 0.1) is 13.8 Å². The molecule has 21 heavy (non-hydrogen) atoms. The molecule has 0 saturated carbocycles. The molecule has 0 aliphatic rings. The lowest BCUT2D eigenvalue weighted by Gasteiger charge is -2.13. The third-order valence-electron chi connectivity index (χ3n) is 3.39. The number of nitrogens with two attached hydrogens (primary N) is 1. The smallest absolute Gasteiger partial charge is 0.340 e. The van der Waals surface area contributed by atoms with Crippen molar-refractivity contribution in [1.82, 2.24) is 0 Å². The second-order valence-electron chi connectivity index (χ2n) is 4.91. The van der Waals surface area contributed by atoms with Gasteiger partial charge in [0, 0.05) is 5.69 Å². The van der Waals surface area contributed by atoms with E-state index in [4.69, 9.17) is 10.5 Å². The van der Waals surface area contributed by atoms with E-state index in [-0.39, 0.29) is 0 Å². The standard InChI is InChI=1S/C17H20N2O2/c1-4-21-17(20)14-6-5-7-15(16(14)18)19-13-9-8-11(2)12(3)10-13/h5-10,19H,4,18H2,1-3H3. The Morgan fingerprint density at radius 3 is 2.62 bits per heavy atom. The van der Waals surface area contributed by atoms with Crippen LogP contribution >= 0.6 is 0 Å². The summed E-state index contributed by atoms with van der Waals surface area (Å²) in [6.45, 7) is 6.21. The van der Waals surface area contributed by atoms with Crippen LogP contribution in [0.25, 0.3) is 0 Å². The Bertz CT molecular complexity index is 666. The Morgan fingerprint density at radius 1 is 1.19 bits per heavy atom. The number of carbonyl (C=O) groups is 1. The van der Waals surface area contributed by atoms with E-state index in [0.717, 1.165) is 5.69 Å². The van der Waals surface area contributed by atoms with Gasteiger partial charge < -0.3 is 15.8 Å². The van der Waals surface area contributed by atoms with Gasteiger partial charge in [0.05, 0.1) is 23.5 Å². The Labute approximate surface area is 124 Å². The van der Waals surface area contributed by atoms with Crippen LogP contribution in [0.4, 0.5) is 17.1 Å². The van der Waals surface area contributed by atoms with E-state index in [1.165, 1.54) is 11.1 Å². The number of nitrogen functional groups attached to an aromatic ring is 1. The predicted octanol–water partition coefficient (Wildman–Crippen LogP) is 3.81. The second kappa shape index (κ2) is 6.31. The molecule has 0 spiro atoms. The number of esters is 1.